The summed E-state index contributed by atoms with van der Waals surface area (Å²) in [6, 6.07) is 3.80. The number of hydrogen-bond acceptors (Lipinski definition) is 7. The topological polar surface area (TPSA) is 113 Å². The van der Waals surface area contributed by atoms with E-state index in [0.29, 0.717) is 31.9 Å². The van der Waals surface area contributed by atoms with Gasteiger partial charge in [-0.05, 0) is 19.4 Å². The van der Waals surface area contributed by atoms with Gasteiger partial charge in [-0.2, -0.15) is 4.31 Å². The lowest BCUT2D eigenvalue weighted by atomic mass is 10.2. The predicted octanol–water partition coefficient (Wildman–Crippen LogP) is 0.575. The largest absolute Gasteiger partial charge is 0.391 e. The molecule has 2 heterocycles. The molecule has 0 saturated carbocycles. The van der Waals surface area contributed by atoms with Gasteiger partial charge < -0.3 is 14.7 Å². The summed E-state index contributed by atoms with van der Waals surface area (Å²) in [5.74, 6) is 0. The van der Waals surface area contributed by atoms with E-state index in [-0.39, 0.29) is 29.7 Å². The van der Waals surface area contributed by atoms with Gasteiger partial charge in [-0.15, -0.1) is 0 Å². The van der Waals surface area contributed by atoms with E-state index in [1.54, 1.807) is 4.90 Å². The molecule has 9 nitrogen and oxygen atoms in total. The Hall–Kier alpha value is -1.75. The van der Waals surface area contributed by atoms with Crippen molar-refractivity contribution in [1.29, 1.82) is 0 Å². The van der Waals surface area contributed by atoms with Crippen molar-refractivity contribution in [1.82, 2.24) is 4.31 Å². The molecular formula is C15H21N3O6S. The van der Waals surface area contributed by atoms with E-state index in [2.05, 4.69) is 0 Å². The second kappa shape index (κ2) is 6.87. The van der Waals surface area contributed by atoms with Gasteiger partial charge in [0.1, 0.15) is 4.90 Å². The second-order valence-corrected chi connectivity index (χ2v) is 8.22. The van der Waals surface area contributed by atoms with Crippen molar-refractivity contribution >= 4 is 21.4 Å². The number of ether oxygens (including phenoxy) is 1. The molecule has 2 fully saturated rings. The van der Waals surface area contributed by atoms with Crippen molar-refractivity contribution in [3.63, 3.8) is 0 Å². The maximum absolute atomic E-state index is 13.1. The maximum atomic E-state index is 13.1. The second-order valence-electron chi connectivity index (χ2n) is 6.32. The highest BCUT2D eigenvalue weighted by Gasteiger charge is 2.35. The fraction of sp³-hybridized carbons (Fsp3) is 0.600. The van der Waals surface area contributed by atoms with Gasteiger partial charge in [-0.25, -0.2) is 8.42 Å². The van der Waals surface area contributed by atoms with Gasteiger partial charge >= 0.3 is 0 Å². The monoisotopic (exact) mass is 371 g/mol. The number of sulfonamides is 1. The zero-order valence-electron chi connectivity index (χ0n) is 13.9. The first-order valence-corrected chi connectivity index (χ1v) is 9.56. The summed E-state index contributed by atoms with van der Waals surface area (Å²) in [7, 11) is -3.90. The summed E-state index contributed by atoms with van der Waals surface area (Å²) in [5, 5.41) is 21.0. The molecule has 138 valence electrons. The van der Waals surface area contributed by atoms with Crippen LogP contribution in [-0.2, 0) is 14.8 Å². The summed E-state index contributed by atoms with van der Waals surface area (Å²) < 4.78 is 32.7. The van der Waals surface area contributed by atoms with Gasteiger partial charge in [-0.1, -0.05) is 0 Å². The number of non-ortho nitro benzene ring substituents is 1. The van der Waals surface area contributed by atoms with Crippen molar-refractivity contribution in [2.45, 2.75) is 30.4 Å². The van der Waals surface area contributed by atoms with E-state index in [1.807, 2.05) is 6.92 Å². The van der Waals surface area contributed by atoms with E-state index in [4.69, 9.17) is 4.74 Å². The summed E-state index contributed by atoms with van der Waals surface area (Å²) in [6.45, 7) is 3.20. The van der Waals surface area contributed by atoms with Crippen LogP contribution in [0.25, 0.3) is 0 Å². The number of benzene rings is 1. The Morgan fingerprint density at radius 2 is 2.00 bits per heavy atom. The van der Waals surface area contributed by atoms with E-state index in [9.17, 15) is 23.6 Å². The Morgan fingerprint density at radius 3 is 2.56 bits per heavy atom. The highest BCUT2D eigenvalue weighted by Crippen LogP contribution is 2.35. The molecule has 0 unspecified atom stereocenters. The average Bonchev–Trinajstić information content (AvgIpc) is 2.93. The molecular weight excluding hydrogens is 350 g/mol. The number of nitro benzene ring substituents is 1. The Balaban J connectivity index is 2.08. The molecule has 0 aromatic heterocycles. The molecule has 0 radical (unpaired) electrons. The van der Waals surface area contributed by atoms with Crippen LogP contribution in [0.4, 0.5) is 11.4 Å². The number of nitrogens with zero attached hydrogens (tertiary/aromatic N) is 3. The van der Waals surface area contributed by atoms with Gasteiger partial charge in [-0.3, -0.25) is 10.1 Å². The Kier molecular flexibility index (Phi) is 4.96. The van der Waals surface area contributed by atoms with Crippen LogP contribution in [0.5, 0.6) is 0 Å². The van der Waals surface area contributed by atoms with Crippen LogP contribution in [0, 0.1) is 10.1 Å². The molecule has 0 aliphatic carbocycles. The zero-order chi connectivity index (χ0) is 18.2. The fourth-order valence-electron chi connectivity index (χ4n) is 3.32. The van der Waals surface area contributed by atoms with Crippen molar-refractivity contribution in [3.8, 4) is 0 Å². The third-order valence-electron chi connectivity index (χ3n) is 4.60. The number of anilines is 1. The van der Waals surface area contributed by atoms with Crippen molar-refractivity contribution in [2.75, 3.05) is 37.7 Å². The van der Waals surface area contributed by atoms with Gasteiger partial charge in [0.25, 0.3) is 5.69 Å². The van der Waals surface area contributed by atoms with E-state index in [1.165, 1.54) is 16.4 Å². The number of aliphatic hydroxyl groups excluding tert-OH is 1. The maximum Gasteiger partial charge on any atom is 0.270 e. The van der Waals surface area contributed by atoms with Crippen LogP contribution in [0.1, 0.15) is 13.3 Å². The van der Waals surface area contributed by atoms with Crippen LogP contribution in [0.2, 0.25) is 0 Å². The molecule has 1 aromatic carbocycles. The minimum Gasteiger partial charge on any atom is -0.391 e. The molecule has 1 N–H and O–H groups in total. The minimum atomic E-state index is -3.90. The number of rotatable bonds is 4. The first-order valence-electron chi connectivity index (χ1n) is 8.11. The number of morpholine rings is 1. The smallest absolute Gasteiger partial charge is 0.270 e. The molecule has 3 rings (SSSR count). The molecule has 2 aliphatic rings. The van der Waals surface area contributed by atoms with Crippen LogP contribution < -0.4 is 4.90 Å². The third kappa shape index (κ3) is 3.47. The Labute approximate surface area is 146 Å². The summed E-state index contributed by atoms with van der Waals surface area (Å²) >= 11 is 0. The lowest BCUT2D eigenvalue weighted by molar-refractivity contribution is -0.385. The molecule has 0 amide bonds. The molecule has 2 atom stereocenters. The molecule has 2 aliphatic heterocycles. The van der Waals surface area contributed by atoms with Gasteiger partial charge in [0.2, 0.25) is 10.0 Å². The number of hydrogen-bond donors (Lipinski definition) is 1. The summed E-state index contributed by atoms with van der Waals surface area (Å²) in [5.41, 5.74) is 0.115. The van der Waals surface area contributed by atoms with Crippen molar-refractivity contribution in [3.05, 3.63) is 28.3 Å². The third-order valence-corrected chi connectivity index (χ3v) is 6.53. The van der Waals surface area contributed by atoms with E-state index in [0.717, 1.165) is 6.07 Å². The predicted molar refractivity (Wildman–Crippen MR) is 90.1 cm³/mol. The lowest BCUT2D eigenvalue weighted by Gasteiger charge is -2.30. The fourth-order valence-corrected chi connectivity index (χ4v) is 4.95. The van der Waals surface area contributed by atoms with Gasteiger partial charge in [0.05, 0.1) is 29.9 Å². The first-order chi connectivity index (χ1) is 11.8. The summed E-state index contributed by atoms with van der Waals surface area (Å²) in [4.78, 5) is 12.2. The van der Waals surface area contributed by atoms with Crippen LogP contribution >= 0.6 is 0 Å². The van der Waals surface area contributed by atoms with Crippen molar-refractivity contribution in [2.24, 2.45) is 0 Å². The van der Waals surface area contributed by atoms with Crippen LogP contribution in [0.15, 0.2) is 23.1 Å². The standard InChI is InChI=1S/C15H21N3O6S/c1-11-8-13(19)10-17(11)14-3-2-12(18(20)21)9-15(14)25(22,23)16-4-6-24-7-5-16/h2-3,9,11,13,19H,4-8,10H2,1H3/t11-,13+/m1/s1. The Bertz CT molecular complexity index is 763. The summed E-state index contributed by atoms with van der Waals surface area (Å²) in [6.07, 6.45) is -0.0299. The van der Waals surface area contributed by atoms with E-state index >= 15 is 0 Å². The first kappa shape index (κ1) is 18.1. The normalized spacial score (nSPS) is 25.3. The van der Waals surface area contributed by atoms with Crippen molar-refractivity contribution < 1.29 is 23.2 Å². The van der Waals surface area contributed by atoms with E-state index < -0.39 is 21.1 Å². The Morgan fingerprint density at radius 1 is 1.32 bits per heavy atom. The molecule has 2 saturated heterocycles. The molecule has 25 heavy (non-hydrogen) atoms. The number of aliphatic hydroxyl groups is 1. The van der Waals surface area contributed by atoms with Crippen LogP contribution in [-0.4, -0.2) is 67.7 Å². The molecule has 0 spiro atoms. The van der Waals surface area contributed by atoms with Crippen LogP contribution in [0.3, 0.4) is 0 Å². The lowest BCUT2D eigenvalue weighted by Crippen LogP contribution is -2.41. The average molecular weight is 371 g/mol. The SMILES string of the molecule is C[C@@H]1C[C@H](O)CN1c1ccc([N+](=O)[O-])cc1S(=O)(=O)N1CCOCC1. The molecule has 1 aromatic rings. The quantitative estimate of drug-likeness (QED) is 0.608. The molecule has 0 bridgehead atoms. The highest BCUT2D eigenvalue weighted by atomic mass is 32.2. The highest BCUT2D eigenvalue weighted by molar-refractivity contribution is 7.89. The number of β-amino-alcohol motifs (C(OH)–C–C–N with tert-alkyl or cyclic N) is 1. The van der Waals surface area contributed by atoms with Gasteiger partial charge in [0, 0.05) is 37.8 Å². The molecule has 10 heteroatoms. The van der Waals surface area contributed by atoms with Gasteiger partial charge in [0.15, 0.2) is 0 Å². The number of nitro groups is 1. The minimum absolute atomic E-state index is 0.0601. The zero-order valence-corrected chi connectivity index (χ0v) is 14.7.